The number of aliphatic hydroxyl groups excluding tert-OH is 1. The van der Waals surface area contributed by atoms with Crippen LogP contribution in [0.25, 0.3) is 0 Å². The monoisotopic (exact) mass is 313 g/mol. The summed E-state index contributed by atoms with van der Waals surface area (Å²) in [4.78, 5) is 23.3. The maximum Gasteiger partial charge on any atom is 0.220 e. The van der Waals surface area contributed by atoms with Crippen LogP contribution in [0.1, 0.15) is 43.5 Å². The van der Waals surface area contributed by atoms with E-state index in [1.165, 1.54) is 0 Å². The molecule has 0 fully saturated rings. The summed E-state index contributed by atoms with van der Waals surface area (Å²) < 4.78 is 26.2. The molecule has 6 heteroatoms. The van der Waals surface area contributed by atoms with Gasteiger partial charge < -0.3 is 10.4 Å². The number of carbonyl (C=O) groups is 2. The Balaban J connectivity index is 2.36. The van der Waals surface area contributed by atoms with E-state index < -0.39 is 23.5 Å². The Morgan fingerprint density at radius 1 is 1.23 bits per heavy atom. The normalized spacial score (nSPS) is 12.3. The van der Waals surface area contributed by atoms with Gasteiger partial charge in [-0.15, -0.1) is 0 Å². The maximum absolute atomic E-state index is 13.4. The van der Waals surface area contributed by atoms with Gasteiger partial charge in [-0.2, -0.15) is 0 Å². The molecule has 4 nitrogen and oxygen atoms in total. The van der Waals surface area contributed by atoms with Gasteiger partial charge in [0.1, 0.15) is 11.6 Å². The van der Waals surface area contributed by atoms with Crippen LogP contribution in [-0.4, -0.2) is 29.4 Å². The molecule has 0 spiro atoms. The molecule has 0 radical (unpaired) electrons. The molecule has 22 heavy (non-hydrogen) atoms. The van der Waals surface area contributed by atoms with Crippen molar-refractivity contribution in [1.82, 2.24) is 5.32 Å². The highest BCUT2D eigenvalue weighted by molar-refractivity contribution is 5.98. The second kappa shape index (κ2) is 8.58. The quantitative estimate of drug-likeness (QED) is 0.725. The fourth-order valence-electron chi connectivity index (χ4n) is 1.86. The Bertz CT molecular complexity index is 532. The summed E-state index contributed by atoms with van der Waals surface area (Å²) in [6.07, 6.45) is -0.284. The number of ketones is 1. The molecule has 1 rings (SSSR count). The first-order valence-corrected chi connectivity index (χ1v) is 7.24. The predicted molar refractivity (Wildman–Crippen MR) is 78.4 cm³/mol. The lowest BCUT2D eigenvalue weighted by atomic mass is 10.0. The highest BCUT2D eigenvalue weighted by Crippen LogP contribution is 2.12. The Kier molecular flexibility index (Phi) is 7.11. The second-order valence-corrected chi connectivity index (χ2v) is 5.50. The summed E-state index contributed by atoms with van der Waals surface area (Å²) in [6, 6.07) is 2.72. The standard InChI is InChI=1S/C16H21F2NO3/c1-10(2)14(20)7-8-19-16(22)6-5-15(21)12-4-3-11(17)9-13(12)18/h3-4,9-10,14,20H,5-8H2,1-2H3,(H,19,22). The van der Waals surface area contributed by atoms with Gasteiger partial charge in [0.25, 0.3) is 0 Å². The zero-order chi connectivity index (χ0) is 16.7. The molecule has 0 bridgehead atoms. The largest absolute Gasteiger partial charge is 0.393 e. The van der Waals surface area contributed by atoms with Crippen LogP contribution >= 0.6 is 0 Å². The van der Waals surface area contributed by atoms with Crippen molar-refractivity contribution in [3.63, 3.8) is 0 Å². The lowest BCUT2D eigenvalue weighted by Gasteiger charge is -2.14. The van der Waals surface area contributed by atoms with E-state index in [9.17, 15) is 23.5 Å². The number of hydrogen-bond acceptors (Lipinski definition) is 3. The molecule has 1 unspecified atom stereocenters. The molecule has 1 aromatic carbocycles. The fraction of sp³-hybridized carbons (Fsp3) is 0.500. The third kappa shape index (κ3) is 5.89. The summed E-state index contributed by atoms with van der Waals surface area (Å²) >= 11 is 0. The number of Topliss-reactive ketones (excluding diaryl/α,β-unsaturated/α-hetero) is 1. The highest BCUT2D eigenvalue weighted by atomic mass is 19.1. The smallest absolute Gasteiger partial charge is 0.220 e. The third-order valence-corrected chi connectivity index (χ3v) is 3.34. The molecule has 1 atom stereocenters. The zero-order valence-corrected chi connectivity index (χ0v) is 12.7. The first kappa shape index (κ1) is 18.2. The van der Waals surface area contributed by atoms with Crippen LogP contribution in [0.5, 0.6) is 0 Å². The Morgan fingerprint density at radius 3 is 2.50 bits per heavy atom. The first-order valence-electron chi connectivity index (χ1n) is 7.24. The van der Waals surface area contributed by atoms with Crippen LogP contribution in [0.2, 0.25) is 0 Å². The van der Waals surface area contributed by atoms with E-state index in [0.717, 1.165) is 12.1 Å². The van der Waals surface area contributed by atoms with Gasteiger partial charge in [-0.3, -0.25) is 9.59 Å². The average molecular weight is 313 g/mol. The summed E-state index contributed by atoms with van der Waals surface area (Å²) in [5, 5.41) is 12.2. The van der Waals surface area contributed by atoms with E-state index >= 15 is 0 Å². The van der Waals surface area contributed by atoms with Crippen LogP contribution in [0, 0.1) is 17.6 Å². The lowest BCUT2D eigenvalue weighted by molar-refractivity contribution is -0.121. The van der Waals surface area contributed by atoms with Crippen molar-refractivity contribution >= 4 is 11.7 Å². The Hall–Kier alpha value is -1.82. The van der Waals surface area contributed by atoms with E-state index in [4.69, 9.17) is 0 Å². The molecule has 0 saturated carbocycles. The molecule has 1 aromatic rings. The summed E-state index contributed by atoms with van der Waals surface area (Å²) in [6.45, 7) is 4.07. The molecule has 0 heterocycles. The van der Waals surface area contributed by atoms with Gasteiger partial charge in [0, 0.05) is 25.5 Å². The molecule has 122 valence electrons. The molecule has 2 N–H and O–H groups in total. The molecule has 1 amide bonds. The number of hydrogen-bond donors (Lipinski definition) is 2. The topological polar surface area (TPSA) is 66.4 Å². The molecule has 0 aliphatic carbocycles. The number of carbonyl (C=O) groups excluding carboxylic acids is 2. The second-order valence-electron chi connectivity index (χ2n) is 5.50. The summed E-state index contributed by atoms with van der Waals surface area (Å²) in [5.41, 5.74) is -0.218. The zero-order valence-electron chi connectivity index (χ0n) is 12.7. The van der Waals surface area contributed by atoms with Crippen molar-refractivity contribution in [2.75, 3.05) is 6.54 Å². The number of nitrogens with one attached hydrogen (secondary N) is 1. The van der Waals surface area contributed by atoms with E-state index in [1.807, 2.05) is 13.8 Å². The van der Waals surface area contributed by atoms with Crippen LogP contribution in [0.3, 0.4) is 0 Å². The van der Waals surface area contributed by atoms with E-state index in [1.54, 1.807) is 0 Å². The number of aliphatic hydroxyl groups is 1. The maximum atomic E-state index is 13.4. The lowest BCUT2D eigenvalue weighted by Crippen LogP contribution is -2.29. The summed E-state index contributed by atoms with van der Waals surface area (Å²) in [7, 11) is 0. The van der Waals surface area contributed by atoms with Crippen molar-refractivity contribution in [3.8, 4) is 0 Å². The average Bonchev–Trinajstić information content (AvgIpc) is 2.44. The van der Waals surface area contributed by atoms with Crippen molar-refractivity contribution in [2.24, 2.45) is 5.92 Å². The molecule has 0 aliphatic heterocycles. The van der Waals surface area contributed by atoms with Crippen molar-refractivity contribution in [1.29, 1.82) is 0 Å². The van der Waals surface area contributed by atoms with E-state index in [2.05, 4.69) is 5.32 Å². The molecule has 0 aliphatic rings. The van der Waals surface area contributed by atoms with Gasteiger partial charge in [-0.05, 0) is 24.5 Å². The molecular weight excluding hydrogens is 292 g/mol. The number of benzene rings is 1. The van der Waals surface area contributed by atoms with E-state index in [-0.39, 0.29) is 30.2 Å². The van der Waals surface area contributed by atoms with Crippen molar-refractivity contribution < 1.29 is 23.5 Å². The Labute approximate surface area is 128 Å². The molecule has 0 aromatic heterocycles. The van der Waals surface area contributed by atoms with Crippen LogP contribution < -0.4 is 5.32 Å². The van der Waals surface area contributed by atoms with Gasteiger partial charge in [0.2, 0.25) is 5.91 Å². The summed E-state index contributed by atoms with van der Waals surface area (Å²) in [5.74, 6) is -2.46. The Morgan fingerprint density at radius 2 is 1.91 bits per heavy atom. The first-order chi connectivity index (χ1) is 10.3. The predicted octanol–water partition coefficient (Wildman–Crippen LogP) is 2.45. The van der Waals surface area contributed by atoms with Crippen LogP contribution in [0.4, 0.5) is 8.78 Å². The van der Waals surface area contributed by atoms with Crippen LogP contribution in [0.15, 0.2) is 18.2 Å². The van der Waals surface area contributed by atoms with Gasteiger partial charge >= 0.3 is 0 Å². The molecule has 0 saturated heterocycles. The van der Waals surface area contributed by atoms with Crippen molar-refractivity contribution in [2.45, 2.75) is 39.2 Å². The van der Waals surface area contributed by atoms with Crippen LogP contribution in [-0.2, 0) is 4.79 Å². The minimum atomic E-state index is -0.925. The molecular formula is C16H21F2NO3. The van der Waals surface area contributed by atoms with Gasteiger partial charge in [-0.25, -0.2) is 8.78 Å². The van der Waals surface area contributed by atoms with Gasteiger partial charge in [0.05, 0.1) is 11.7 Å². The minimum Gasteiger partial charge on any atom is -0.393 e. The van der Waals surface area contributed by atoms with E-state index in [0.29, 0.717) is 19.0 Å². The van der Waals surface area contributed by atoms with Gasteiger partial charge in [0.15, 0.2) is 5.78 Å². The SMILES string of the molecule is CC(C)C(O)CCNC(=O)CCC(=O)c1ccc(F)cc1F. The fourth-order valence-corrected chi connectivity index (χ4v) is 1.86. The number of halogens is 2. The highest BCUT2D eigenvalue weighted by Gasteiger charge is 2.14. The number of rotatable bonds is 8. The van der Waals surface area contributed by atoms with Gasteiger partial charge in [-0.1, -0.05) is 13.8 Å². The number of amides is 1. The third-order valence-electron chi connectivity index (χ3n) is 3.34. The van der Waals surface area contributed by atoms with Crippen molar-refractivity contribution in [3.05, 3.63) is 35.4 Å². The minimum absolute atomic E-state index is 0.0760.